The van der Waals surface area contributed by atoms with Gasteiger partial charge >= 0.3 is 6.18 Å². The zero-order valence-corrected chi connectivity index (χ0v) is 17.8. The van der Waals surface area contributed by atoms with Gasteiger partial charge in [0.25, 0.3) is 11.6 Å². The van der Waals surface area contributed by atoms with Crippen LogP contribution in [-0.4, -0.2) is 43.8 Å². The lowest BCUT2D eigenvalue weighted by molar-refractivity contribution is -0.136. The van der Waals surface area contributed by atoms with E-state index in [1.807, 2.05) is 6.92 Å². The standard InChI is InChI=1S/C21H24F3N5O2/c1-11(2)16-9-15(21(22,23)24)17-18(27-31-19(17)26-16)13-5-7-29(8-6-13)20(30)14-10-25-28(4)12(14)3/h9-11,13H,5-8H2,1-4H3. The highest BCUT2D eigenvalue weighted by molar-refractivity contribution is 5.95. The zero-order chi connectivity index (χ0) is 22.5. The number of carbonyl (C=O) groups excluding carboxylic acids is 1. The summed E-state index contributed by atoms with van der Waals surface area (Å²) < 4.78 is 48.3. The van der Waals surface area contributed by atoms with Gasteiger partial charge in [0, 0.05) is 37.4 Å². The molecule has 0 saturated carbocycles. The van der Waals surface area contributed by atoms with Crippen molar-refractivity contribution < 1.29 is 22.5 Å². The summed E-state index contributed by atoms with van der Waals surface area (Å²) in [6.07, 6.45) is -2.01. The Morgan fingerprint density at radius 3 is 2.48 bits per heavy atom. The van der Waals surface area contributed by atoms with Gasteiger partial charge < -0.3 is 9.42 Å². The molecule has 1 amide bonds. The summed E-state index contributed by atoms with van der Waals surface area (Å²) in [6.45, 7) is 6.23. The fourth-order valence-corrected chi connectivity index (χ4v) is 4.03. The summed E-state index contributed by atoms with van der Waals surface area (Å²) in [5.74, 6) is -0.536. The maximum atomic E-state index is 13.8. The summed E-state index contributed by atoms with van der Waals surface area (Å²) >= 11 is 0. The van der Waals surface area contributed by atoms with Gasteiger partial charge in [-0.2, -0.15) is 18.3 Å². The summed E-state index contributed by atoms with van der Waals surface area (Å²) in [7, 11) is 1.77. The highest BCUT2D eigenvalue weighted by Crippen LogP contribution is 2.41. The van der Waals surface area contributed by atoms with Gasteiger partial charge in [0.2, 0.25) is 0 Å². The second-order valence-electron chi connectivity index (χ2n) is 8.33. The van der Waals surface area contributed by atoms with Gasteiger partial charge in [-0.05, 0) is 31.7 Å². The van der Waals surface area contributed by atoms with Crippen LogP contribution in [0.3, 0.4) is 0 Å². The molecule has 7 nitrogen and oxygen atoms in total. The van der Waals surface area contributed by atoms with Crippen LogP contribution < -0.4 is 0 Å². The lowest BCUT2D eigenvalue weighted by Crippen LogP contribution is -2.38. The first kappa shape index (κ1) is 21.3. The molecule has 1 fully saturated rings. The number of hydrogen-bond acceptors (Lipinski definition) is 5. The van der Waals surface area contributed by atoms with E-state index >= 15 is 0 Å². The fourth-order valence-electron chi connectivity index (χ4n) is 4.03. The second kappa shape index (κ2) is 7.65. The van der Waals surface area contributed by atoms with Crippen molar-refractivity contribution in [2.45, 2.75) is 51.6 Å². The minimum atomic E-state index is -4.54. The molecule has 0 aliphatic carbocycles. The van der Waals surface area contributed by atoms with Crippen LogP contribution in [0.4, 0.5) is 13.2 Å². The SMILES string of the molecule is Cc1c(C(=O)N2CCC(c3noc4nc(C(C)C)cc(C(F)(F)F)c34)CC2)cnn1C. The second-order valence-corrected chi connectivity index (χ2v) is 8.33. The number of nitrogens with zero attached hydrogens (tertiary/aromatic N) is 5. The smallest absolute Gasteiger partial charge is 0.338 e. The molecule has 0 atom stereocenters. The molecule has 3 aromatic heterocycles. The van der Waals surface area contributed by atoms with Crippen LogP contribution in [0.2, 0.25) is 0 Å². The molecule has 0 spiro atoms. The van der Waals surface area contributed by atoms with Gasteiger partial charge in [-0.1, -0.05) is 19.0 Å². The predicted molar refractivity (Wildman–Crippen MR) is 107 cm³/mol. The summed E-state index contributed by atoms with van der Waals surface area (Å²) in [6, 6.07) is 1.09. The van der Waals surface area contributed by atoms with Gasteiger partial charge in [0.15, 0.2) is 0 Å². The number of piperidine rings is 1. The van der Waals surface area contributed by atoms with E-state index < -0.39 is 11.7 Å². The minimum absolute atomic E-state index is 0.0650. The molecular formula is C21H24F3N5O2. The van der Waals surface area contributed by atoms with Crippen LogP contribution in [0, 0.1) is 6.92 Å². The number of alkyl halides is 3. The number of carbonyl (C=O) groups is 1. The predicted octanol–water partition coefficient (Wildman–Crippen LogP) is 4.43. The third kappa shape index (κ3) is 3.79. The molecule has 0 radical (unpaired) electrons. The zero-order valence-electron chi connectivity index (χ0n) is 17.8. The van der Waals surface area contributed by atoms with E-state index in [0.29, 0.717) is 37.2 Å². The highest BCUT2D eigenvalue weighted by atomic mass is 19.4. The molecule has 0 bridgehead atoms. The van der Waals surface area contributed by atoms with Crippen LogP contribution >= 0.6 is 0 Å². The van der Waals surface area contributed by atoms with Crippen LogP contribution in [0.1, 0.15) is 71.5 Å². The van der Waals surface area contributed by atoms with Gasteiger partial charge in [0.05, 0.1) is 28.4 Å². The number of rotatable bonds is 3. The van der Waals surface area contributed by atoms with Gasteiger partial charge in [-0.15, -0.1) is 0 Å². The van der Waals surface area contributed by atoms with Crippen molar-refractivity contribution in [2.24, 2.45) is 7.05 Å². The summed E-state index contributed by atoms with van der Waals surface area (Å²) in [5, 5.41) is 8.03. The lowest BCUT2D eigenvalue weighted by Gasteiger charge is -2.31. The Labute approximate surface area is 177 Å². The molecule has 31 heavy (non-hydrogen) atoms. The largest absolute Gasteiger partial charge is 0.417 e. The molecule has 3 aromatic rings. The van der Waals surface area contributed by atoms with Gasteiger partial charge in [0.1, 0.15) is 0 Å². The Kier molecular flexibility index (Phi) is 5.26. The molecular weight excluding hydrogens is 411 g/mol. The molecule has 166 valence electrons. The topological polar surface area (TPSA) is 77.1 Å². The Morgan fingerprint density at radius 1 is 1.26 bits per heavy atom. The van der Waals surface area contributed by atoms with Crippen molar-refractivity contribution in [3.05, 3.63) is 40.5 Å². The van der Waals surface area contributed by atoms with Crippen LogP contribution in [0.25, 0.3) is 11.1 Å². The number of aromatic nitrogens is 4. The quantitative estimate of drug-likeness (QED) is 0.608. The van der Waals surface area contributed by atoms with Crippen molar-refractivity contribution in [3.8, 4) is 0 Å². The van der Waals surface area contributed by atoms with Crippen molar-refractivity contribution >= 4 is 17.0 Å². The molecule has 10 heteroatoms. The van der Waals surface area contributed by atoms with Gasteiger partial charge in [-0.25, -0.2) is 4.98 Å². The van der Waals surface area contributed by atoms with Crippen LogP contribution in [-0.2, 0) is 13.2 Å². The maximum absolute atomic E-state index is 13.8. The Morgan fingerprint density at radius 2 is 1.94 bits per heavy atom. The van der Waals surface area contributed by atoms with Gasteiger partial charge in [-0.3, -0.25) is 9.48 Å². The first-order valence-corrected chi connectivity index (χ1v) is 10.2. The van der Waals surface area contributed by atoms with E-state index in [1.54, 1.807) is 36.7 Å². The summed E-state index contributed by atoms with van der Waals surface area (Å²) in [4.78, 5) is 18.8. The third-order valence-electron chi connectivity index (χ3n) is 6.02. The van der Waals surface area contributed by atoms with E-state index in [0.717, 1.165) is 11.8 Å². The number of halogens is 3. The average molecular weight is 435 g/mol. The number of likely N-dealkylation sites (tertiary alicyclic amines) is 1. The normalized spacial score (nSPS) is 15.9. The third-order valence-corrected chi connectivity index (χ3v) is 6.02. The minimum Gasteiger partial charge on any atom is -0.338 e. The molecule has 0 unspecified atom stereocenters. The van der Waals surface area contributed by atoms with Crippen molar-refractivity contribution in [1.29, 1.82) is 0 Å². The van der Waals surface area contributed by atoms with E-state index in [4.69, 9.17) is 4.52 Å². The van der Waals surface area contributed by atoms with E-state index in [2.05, 4.69) is 15.2 Å². The van der Waals surface area contributed by atoms with E-state index in [9.17, 15) is 18.0 Å². The number of fused-ring (bicyclic) bond motifs is 1. The Balaban J connectivity index is 1.61. The van der Waals surface area contributed by atoms with Crippen molar-refractivity contribution in [3.63, 3.8) is 0 Å². The number of amides is 1. The monoisotopic (exact) mass is 435 g/mol. The molecule has 1 aliphatic heterocycles. The number of aryl methyl sites for hydroxylation is 1. The molecule has 4 heterocycles. The number of pyridine rings is 1. The molecule has 0 N–H and O–H groups in total. The van der Waals surface area contributed by atoms with Crippen LogP contribution in [0.15, 0.2) is 16.8 Å². The molecule has 1 aliphatic rings. The van der Waals surface area contributed by atoms with E-state index in [1.165, 1.54) is 0 Å². The molecule has 0 aromatic carbocycles. The van der Waals surface area contributed by atoms with Crippen molar-refractivity contribution in [1.82, 2.24) is 24.8 Å². The molecule has 1 saturated heterocycles. The molecule has 4 rings (SSSR count). The van der Waals surface area contributed by atoms with E-state index in [-0.39, 0.29) is 34.5 Å². The Hall–Kier alpha value is -2.91. The fraction of sp³-hybridized carbons (Fsp3) is 0.524. The van der Waals surface area contributed by atoms with Crippen molar-refractivity contribution in [2.75, 3.05) is 13.1 Å². The Bertz CT molecular complexity index is 1120. The highest BCUT2D eigenvalue weighted by Gasteiger charge is 2.38. The lowest BCUT2D eigenvalue weighted by atomic mass is 9.90. The summed E-state index contributed by atoms with van der Waals surface area (Å²) in [5.41, 5.74) is 1.05. The maximum Gasteiger partial charge on any atom is 0.417 e. The number of hydrogen-bond donors (Lipinski definition) is 0. The van der Waals surface area contributed by atoms with Crippen LogP contribution in [0.5, 0.6) is 0 Å². The first-order chi connectivity index (χ1) is 14.6. The average Bonchev–Trinajstić information content (AvgIpc) is 3.29. The first-order valence-electron chi connectivity index (χ1n) is 10.2.